The second kappa shape index (κ2) is 6.57. The Morgan fingerprint density at radius 3 is 2.35 bits per heavy atom. The summed E-state index contributed by atoms with van der Waals surface area (Å²) in [6.07, 6.45) is 0. The maximum absolute atomic E-state index is 12.7. The molecule has 2 aliphatic rings. The highest BCUT2D eigenvalue weighted by Crippen LogP contribution is 2.28. The minimum absolute atomic E-state index is 0.00892. The number of rotatable bonds is 3. The van der Waals surface area contributed by atoms with Gasteiger partial charge in [0.05, 0.1) is 10.9 Å². The van der Waals surface area contributed by atoms with Crippen molar-refractivity contribution in [3.63, 3.8) is 0 Å². The van der Waals surface area contributed by atoms with E-state index in [0.29, 0.717) is 31.2 Å². The number of carbonyl (C=O) groups is 1. The standard InChI is InChI=1S/C14H17Cl2N3O3S/c15-11-1-2-12(16)13(7-11)23(21,22)19-5-3-18(4-6-19)14(20)10-8-17-9-10/h1-2,7,10,17H,3-6,8-9H2. The minimum atomic E-state index is -3.71. The Balaban J connectivity index is 1.71. The third-order valence-corrected chi connectivity index (χ3v) is 6.81. The highest BCUT2D eigenvalue weighted by Gasteiger charge is 2.35. The first kappa shape index (κ1) is 17.0. The second-order valence-corrected chi connectivity index (χ2v) is 8.41. The molecule has 1 aromatic carbocycles. The normalized spacial score (nSPS) is 20.3. The molecule has 0 aromatic heterocycles. The molecular formula is C14H17Cl2N3O3S. The Hall–Kier alpha value is -0.860. The van der Waals surface area contributed by atoms with E-state index >= 15 is 0 Å². The topological polar surface area (TPSA) is 69.7 Å². The van der Waals surface area contributed by atoms with Gasteiger partial charge >= 0.3 is 0 Å². The number of hydrogen-bond acceptors (Lipinski definition) is 4. The fraction of sp³-hybridized carbons (Fsp3) is 0.500. The van der Waals surface area contributed by atoms with Crippen molar-refractivity contribution in [2.45, 2.75) is 4.90 Å². The molecule has 0 aliphatic carbocycles. The van der Waals surface area contributed by atoms with Gasteiger partial charge in [-0.2, -0.15) is 4.31 Å². The van der Waals surface area contributed by atoms with E-state index in [1.54, 1.807) is 11.0 Å². The summed E-state index contributed by atoms with van der Waals surface area (Å²) in [6, 6.07) is 4.38. The summed E-state index contributed by atoms with van der Waals surface area (Å²) in [4.78, 5) is 13.9. The maximum atomic E-state index is 12.7. The predicted octanol–water partition coefficient (Wildman–Crippen LogP) is 1.05. The number of carbonyl (C=O) groups excluding carboxylic acids is 1. The van der Waals surface area contributed by atoms with Crippen molar-refractivity contribution in [2.75, 3.05) is 39.3 Å². The van der Waals surface area contributed by atoms with Crippen molar-refractivity contribution in [3.8, 4) is 0 Å². The van der Waals surface area contributed by atoms with Crippen LogP contribution in [0.1, 0.15) is 0 Å². The van der Waals surface area contributed by atoms with Crippen LogP contribution in [-0.4, -0.2) is 62.8 Å². The molecule has 0 unspecified atom stereocenters. The number of sulfonamides is 1. The highest BCUT2D eigenvalue weighted by molar-refractivity contribution is 7.89. The van der Waals surface area contributed by atoms with Crippen LogP contribution in [-0.2, 0) is 14.8 Å². The van der Waals surface area contributed by atoms with Gasteiger partial charge in [0, 0.05) is 44.3 Å². The molecular weight excluding hydrogens is 361 g/mol. The molecule has 0 bridgehead atoms. The van der Waals surface area contributed by atoms with Gasteiger partial charge in [-0.15, -0.1) is 0 Å². The van der Waals surface area contributed by atoms with E-state index < -0.39 is 10.0 Å². The Kier molecular flexibility index (Phi) is 4.85. The van der Waals surface area contributed by atoms with Crippen LogP contribution in [0.2, 0.25) is 10.0 Å². The number of nitrogens with zero attached hydrogens (tertiary/aromatic N) is 2. The quantitative estimate of drug-likeness (QED) is 0.854. The van der Waals surface area contributed by atoms with Crippen LogP contribution >= 0.6 is 23.2 Å². The summed E-state index contributed by atoms with van der Waals surface area (Å²) in [5.74, 6) is 0.127. The average Bonchev–Trinajstić information content (AvgIpc) is 2.48. The molecule has 2 fully saturated rings. The van der Waals surface area contributed by atoms with Crippen LogP contribution in [0.15, 0.2) is 23.1 Å². The van der Waals surface area contributed by atoms with Crippen molar-refractivity contribution < 1.29 is 13.2 Å². The van der Waals surface area contributed by atoms with Crippen LogP contribution in [0.5, 0.6) is 0 Å². The molecule has 126 valence electrons. The predicted molar refractivity (Wildman–Crippen MR) is 88.2 cm³/mol. The van der Waals surface area contributed by atoms with Gasteiger partial charge < -0.3 is 10.2 Å². The summed E-state index contributed by atoms with van der Waals surface area (Å²) < 4.78 is 26.8. The van der Waals surface area contributed by atoms with E-state index in [2.05, 4.69) is 5.32 Å². The Labute approximate surface area is 145 Å². The zero-order valence-electron chi connectivity index (χ0n) is 12.3. The summed E-state index contributed by atoms with van der Waals surface area (Å²) in [5, 5.41) is 3.53. The first-order valence-corrected chi connectivity index (χ1v) is 9.54. The van der Waals surface area contributed by atoms with Gasteiger partial charge in [0.25, 0.3) is 0 Å². The van der Waals surface area contributed by atoms with Gasteiger partial charge in [-0.1, -0.05) is 23.2 Å². The zero-order chi connectivity index (χ0) is 16.6. The summed E-state index contributed by atoms with van der Waals surface area (Å²) in [7, 11) is -3.71. The van der Waals surface area contributed by atoms with E-state index in [-0.39, 0.29) is 34.8 Å². The molecule has 2 aliphatic heterocycles. The summed E-state index contributed by atoms with van der Waals surface area (Å²) in [6.45, 7) is 2.72. The lowest BCUT2D eigenvalue weighted by Crippen LogP contribution is -2.57. The van der Waals surface area contributed by atoms with Crippen LogP contribution in [0.3, 0.4) is 0 Å². The third kappa shape index (κ3) is 3.34. The van der Waals surface area contributed by atoms with E-state index in [9.17, 15) is 13.2 Å². The molecule has 3 rings (SSSR count). The molecule has 2 heterocycles. The van der Waals surface area contributed by atoms with E-state index in [1.807, 2.05) is 0 Å². The largest absolute Gasteiger partial charge is 0.340 e. The van der Waals surface area contributed by atoms with Crippen LogP contribution in [0.4, 0.5) is 0 Å². The number of piperazine rings is 1. The molecule has 1 amide bonds. The molecule has 2 saturated heterocycles. The fourth-order valence-corrected chi connectivity index (χ4v) is 4.84. The van der Waals surface area contributed by atoms with E-state index in [1.165, 1.54) is 16.4 Å². The number of nitrogens with one attached hydrogen (secondary N) is 1. The average molecular weight is 378 g/mol. The van der Waals surface area contributed by atoms with Crippen LogP contribution in [0, 0.1) is 5.92 Å². The van der Waals surface area contributed by atoms with Gasteiger partial charge in [0.15, 0.2) is 0 Å². The molecule has 6 nitrogen and oxygen atoms in total. The SMILES string of the molecule is O=C(C1CNC1)N1CCN(S(=O)(=O)c2cc(Cl)ccc2Cl)CC1. The number of halogens is 2. The van der Waals surface area contributed by atoms with Gasteiger partial charge in [0.1, 0.15) is 4.90 Å². The molecule has 0 saturated carbocycles. The molecule has 1 aromatic rings. The number of benzene rings is 1. The maximum Gasteiger partial charge on any atom is 0.244 e. The lowest BCUT2D eigenvalue weighted by molar-refractivity contribution is -0.138. The summed E-state index contributed by atoms with van der Waals surface area (Å²) in [5.41, 5.74) is 0. The molecule has 9 heteroatoms. The fourth-order valence-electron chi connectivity index (χ4n) is 2.68. The van der Waals surface area contributed by atoms with E-state index in [0.717, 1.165) is 0 Å². The number of amides is 1. The first-order valence-electron chi connectivity index (χ1n) is 7.34. The monoisotopic (exact) mass is 377 g/mol. The van der Waals surface area contributed by atoms with Gasteiger partial charge in [-0.05, 0) is 18.2 Å². The van der Waals surface area contributed by atoms with Crippen LogP contribution < -0.4 is 5.32 Å². The lowest BCUT2D eigenvalue weighted by Gasteiger charge is -2.38. The zero-order valence-corrected chi connectivity index (χ0v) is 14.7. The molecule has 0 atom stereocenters. The molecule has 1 N–H and O–H groups in total. The Morgan fingerprint density at radius 2 is 1.78 bits per heavy atom. The van der Waals surface area contributed by atoms with Crippen molar-refractivity contribution in [3.05, 3.63) is 28.2 Å². The minimum Gasteiger partial charge on any atom is -0.340 e. The van der Waals surface area contributed by atoms with Crippen molar-refractivity contribution in [1.82, 2.24) is 14.5 Å². The van der Waals surface area contributed by atoms with Crippen LogP contribution in [0.25, 0.3) is 0 Å². The van der Waals surface area contributed by atoms with Crippen molar-refractivity contribution in [1.29, 1.82) is 0 Å². The smallest absolute Gasteiger partial charge is 0.244 e. The van der Waals surface area contributed by atoms with Gasteiger partial charge in [-0.3, -0.25) is 4.79 Å². The molecule has 23 heavy (non-hydrogen) atoms. The second-order valence-electron chi connectivity index (χ2n) is 5.66. The Morgan fingerprint density at radius 1 is 1.13 bits per heavy atom. The highest BCUT2D eigenvalue weighted by atomic mass is 35.5. The molecule has 0 spiro atoms. The number of hydrogen-bond donors (Lipinski definition) is 1. The van der Waals surface area contributed by atoms with Gasteiger partial charge in [-0.25, -0.2) is 8.42 Å². The van der Waals surface area contributed by atoms with Gasteiger partial charge in [0.2, 0.25) is 15.9 Å². The Bertz CT molecular complexity index is 714. The van der Waals surface area contributed by atoms with Crippen molar-refractivity contribution >= 4 is 39.1 Å². The van der Waals surface area contributed by atoms with E-state index in [4.69, 9.17) is 23.2 Å². The molecule has 0 radical (unpaired) electrons. The lowest BCUT2D eigenvalue weighted by atomic mass is 10.0. The third-order valence-electron chi connectivity index (χ3n) is 4.19. The first-order chi connectivity index (χ1) is 10.9. The van der Waals surface area contributed by atoms with Crippen molar-refractivity contribution in [2.24, 2.45) is 5.92 Å². The summed E-state index contributed by atoms with van der Waals surface area (Å²) >= 11 is 11.9.